The Morgan fingerprint density at radius 2 is 1.70 bits per heavy atom. The molecule has 2 aromatic carbocycles. The van der Waals surface area contributed by atoms with Crippen molar-refractivity contribution in [3.05, 3.63) is 65.7 Å². The van der Waals surface area contributed by atoms with Gasteiger partial charge in [-0.25, -0.2) is 0 Å². The van der Waals surface area contributed by atoms with E-state index < -0.39 is 0 Å². The monoisotopic (exact) mass is 264 g/mol. The van der Waals surface area contributed by atoms with Crippen LogP contribution in [0.1, 0.15) is 36.6 Å². The predicted octanol–water partition coefficient (Wildman–Crippen LogP) is 3.89. The molecule has 2 heteroatoms. The van der Waals surface area contributed by atoms with E-state index in [0.717, 1.165) is 6.54 Å². The van der Waals surface area contributed by atoms with Gasteiger partial charge in [0.1, 0.15) is 0 Å². The summed E-state index contributed by atoms with van der Waals surface area (Å²) in [4.78, 5) is 0. The molecule has 0 spiro atoms. The molecule has 2 aliphatic rings. The van der Waals surface area contributed by atoms with Gasteiger partial charge in [-0.1, -0.05) is 55.5 Å². The molecule has 0 amide bonds. The number of benzene rings is 2. The van der Waals surface area contributed by atoms with Gasteiger partial charge in [0.05, 0.1) is 6.04 Å². The van der Waals surface area contributed by atoms with Crippen molar-refractivity contribution in [2.75, 3.05) is 11.9 Å². The minimum atomic E-state index is 0.232. The van der Waals surface area contributed by atoms with Crippen molar-refractivity contribution in [1.82, 2.24) is 5.32 Å². The molecule has 2 aromatic rings. The highest BCUT2D eigenvalue weighted by Gasteiger charge is 2.49. The second kappa shape index (κ2) is 4.35. The quantitative estimate of drug-likeness (QED) is 0.816. The zero-order chi connectivity index (χ0) is 13.6. The van der Waals surface area contributed by atoms with E-state index in [4.69, 9.17) is 0 Å². The standard InChI is InChI=1S/C18H20N2/c1-18-11-12-19-17(18)14-9-5-6-10-15(14)20-16(18)13-7-3-2-4-8-13/h2-10,16-17,19-20H,11-12H2,1H3/t16-,17-,18-/m1/s1. The number of nitrogens with one attached hydrogen (secondary N) is 2. The first-order valence-electron chi connectivity index (χ1n) is 7.43. The van der Waals surface area contributed by atoms with Crippen molar-refractivity contribution in [3.63, 3.8) is 0 Å². The molecular weight excluding hydrogens is 244 g/mol. The molecule has 2 heterocycles. The van der Waals surface area contributed by atoms with Gasteiger partial charge in [0, 0.05) is 17.1 Å². The van der Waals surface area contributed by atoms with E-state index in [2.05, 4.69) is 72.2 Å². The molecule has 0 saturated carbocycles. The van der Waals surface area contributed by atoms with Crippen molar-refractivity contribution in [3.8, 4) is 0 Å². The summed E-state index contributed by atoms with van der Waals surface area (Å²) in [5.74, 6) is 0. The Hall–Kier alpha value is -1.80. The van der Waals surface area contributed by atoms with Gasteiger partial charge >= 0.3 is 0 Å². The lowest BCUT2D eigenvalue weighted by Gasteiger charge is -2.45. The summed E-state index contributed by atoms with van der Waals surface area (Å²) in [5, 5.41) is 7.50. The number of para-hydroxylation sites is 1. The minimum Gasteiger partial charge on any atom is -0.377 e. The predicted molar refractivity (Wildman–Crippen MR) is 82.7 cm³/mol. The average molecular weight is 264 g/mol. The topological polar surface area (TPSA) is 24.1 Å². The third kappa shape index (κ3) is 1.61. The third-order valence-electron chi connectivity index (χ3n) is 5.04. The first kappa shape index (κ1) is 12.0. The number of fused-ring (bicyclic) bond motifs is 3. The highest BCUT2D eigenvalue weighted by atomic mass is 15.1. The van der Waals surface area contributed by atoms with Crippen molar-refractivity contribution in [1.29, 1.82) is 0 Å². The van der Waals surface area contributed by atoms with E-state index in [1.165, 1.54) is 23.2 Å². The second-order valence-corrected chi connectivity index (χ2v) is 6.22. The number of hydrogen-bond acceptors (Lipinski definition) is 2. The summed E-state index contributed by atoms with van der Waals surface area (Å²) < 4.78 is 0. The molecule has 0 aliphatic carbocycles. The van der Waals surface area contributed by atoms with E-state index in [1.807, 2.05) is 0 Å². The molecular formula is C18H20N2. The Morgan fingerprint density at radius 3 is 2.55 bits per heavy atom. The molecule has 1 saturated heterocycles. The van der Waals surface area contributed by atoms with Gasteiger partial charge in [-0.15, -0.1) is 0 Å². The van der Waals surface area contributed by atoms with Crippen LogP contribution in [0.15, 0.2) is 54.6 Å². The van der Waals surface area contributed by atoms with Crippen LogP contribution in [-0.2, 0) is 0 Å². The summed E-state index contributed by atoms with van der Waals surface area (Å²) in [5.41, 5.74) is 4.31. The lowest BCUT2D eigenvalue weighted by atomic mass is 9.68. The summed E-state index contributed by atoms with van der Waals surface area (Å²) in [6, 6.07) is 20.4. The SMILES string of the molecule is C[C@]12CCN[C@@H]1c1ccccc1N[C@@H]2c1ccccc1. The second-order valence-electron chi connectivity index (χ2n) is 6.22. The first-order valence-corrected chi connectivity index (χ1v) is 7.43. The Kier molecular flexibility index (Phi) is 2.61. The Labute approximate surface area is 120 Å². The molecule has 0 unspecified atom stereocenters. The van der Waals surface area contributed by atoms with Crippen molar-refractivity contribution >= 4 is 5.69 Å². The fraction of sp³-hybridized carbons (Fsp3) is 0.333. The molecule has 1 fully saturated rings. The van der Waals surface area contributed by atoms with Crippen LogP contribution in [0.3, 0.4) is 0 Å². The zero-order valence-electron chi connectivity index (χ0n) is 11.8. The zero-order valence-corrected chi connectivity index (χ0v) is 11.8. The molecule has 0 radical (unpaired) electrons. The minimum absolute atomic E-state index is 0.232. The average Bonchev–Trinajstić information content (AvgIpc) is 2.90. The lowest BCUT2D eigenvalue weighted by Crippen LogP contribution is -2.40. The van der Waals surface area contributed by atoms with Gasteiger partial charge in [0.25, 0.3) is 0 Å². The molecule has 2 nitrogen and oxygen atoms in total. The third-order valence-corrected chi connectivity index (χ3v) is 5.04. The molecule has 2 N–H and O–H groups in total. The van der Waals surface area contributed by atoms with Gasteiger partial charge < -0.3 is 10.6 Å². The summed E-state index contributed by atoms with van der Waals surface area (Å²) in [7, 11) is 0. The van der Waals surface area contributed by atoms with Crippen LogP contribution in [-0.4, -0.2) is 6.54 Å². The molecule has 3 atom stereocenters. The number of hydrogen-bond donors (Lipinski definition) is 2. The molecule has 0 aromatic heterocycles. The Bertz CT molecular complexity index is 622. The van der Waals surface area contributed by atoms with Crippen molar-refractivity contribution in [2.24, 2.45) is 5.41 Å². The van der Waals surface area contributed by atoms with Crippen LogP contribution in [0.25, 0.3) is 0 Å². The van der Waals surface area contributed by atoms with Crippen molar-refractivity contribution in [2.45, 2.75) is 25.4 Å². The largest absolute Gasteiger partial charge is 0.377 e. The molecule has 20 heavy (non-hydrogen) atoms. The van der Waals surface area contributed by atoms with Crippen LogP contribution in [0.2, 0.25) is 0 Å². The molecule has 0 bridgehead atoms. The summed E-state index contributed by atoms with van der Waals surface area (Å²) in [6.07, 6.45) is 1.21. The smallest absolute Gasteiger partial charge is 0.0586 e. The van der Waals surface area contributed by atoms with Crippen LogP contribution in [0.4, 0.5) is 5.69 Å². The maximum absolute atomic E-state index is 3.79. The Balaban J connectivity index is 1.85. The van der Waals surface area contributed by atoms with Crippen molar-refractivity contribution < 1.29 is 0 Å². The summed E-state index contributed by atoms with van der Waals surface area (Å²) in [6.45, 7) is 3.51. The van der Waals surface area contributed by atoms with Crippen LogP contribution < -0.4 is 10.6 Å². The molecule has 102 valence electrons. The molecule has 2 aliphatic heterocycles. The highest BCUT2D eigenvalue weighted by Crippen LogP contribution is 2.55. The molecule has 4 rings (SSSR count). The number of anilines is 1. The highest BCUT2D eigenvalue weighted by molar-refractivity contribution is 5.58. The lowest BCUT2D eigenvalue weighted by molar-refractivity contribution is 0.227. The van der Waals surface area contributed by atoms with E-state index in [9.17, 15) is 0 Å². The van der Waals surface area contributed by atoms with Crippen LogP contribution in [0, 0.1) is 5.41 Å². The van der Waals surface area contributed by atoms with E-state index in [-0.39, 0.29) is 5.41 Å². The van der Waals surface area contributed by atoms with Gasteiger partial charge in [-0.05, 0) is 30.2 Å². The van der Waals surface area contributed by atoms with Gasteiger partial charge in [0.15, 0.2) is 0 Å². The fourth-order valence-electron chi connectivity index (χ4n) is 3.95. The maximum atomic E-state index is 3.79. The maximum Gasteiger partial charge on any atom is 0.0586 e. The van der Waals surface area contributed by atoms with Gasteiger partial charge in [-0.2, -0.15) is 0 Å². The number of rotatable bonds is 1. The van der Waals surface area contributed by atoms with E-state index in [1.54, 1.807) is 0 Å². The van der Waals surface area contributed by atoms with Crippen LogP contribution in [0.5, 0.6) is 0 Å². The van der Waals surface area contributed by atoms with E-state index in [0.29, 0.717) is 12.1 Å². The summed E-state index contributed by atoms with van der Waals surface area (Å²) >= 11 is 0. The van der Waals surface area contributed by atoms with Gasteiger partial charge in [0.2, 0.25) is 0 Å². The Morgan fingerprint density at radius 1 is 0.950 bits per heavy atom. The first-order chi connectivity index (χ1) is 9.79. The van der Waals surface area contributed by atoms with Crippen LogP contribution >= 0.6 is 0 Å². The van der Waals surface area contributed by atoms with E-state index >= 15 is 0 Å². The van der Waals surface area contributed by atoms with Gasteiger partial charge in [-0.3, -0.25) is 0 Å². The fourth-order valence-corrected chi connectivity index (χ4v) is 3.95. The normalized spacial score (nSPS) is 31.2.